The Balaban J connectivity index is 2.40. The van der Waals surface area contributed by atoms with Gasteiger partial charge in [0, 0.05) is 16.7 Å². The lowest BCUT2D eigenvalue weighted by Crippen LogP contribution is -2.21. The monoisotopic (exact) mass is 319 g/mol. The van der Waals surface area contributed by atoms with E-state index in [-0.39, 0.29) is 6.42 Å². The van der Waals surface area contributed by atoms with Crippen molar-refractivity contribution in [3.05, 3.63) is 33.4 Å². The van der Waals surface area contributed by atoms with Gasteiger partial charge in [0.15, 0.2) is 0 Å². The molecular weight excluding hydrogens is 305 g/mol. The predicted molar refractivity (Wildman–Crippen MR) is 67.7 cm³/mol. The van der Waals surface area contributed by atoms with Gasteiger partial charge in [-0.15, -0.1) is 0 Å². The van der Waals surface area contributed by atoms with Gasteiger partial charge in [-0.1, -0.05) is 12.1 Å². The Bertz CT molecular complexity index is 324. The molecule has 15 heavy (non-hydrogen) atoms. The smallest absolute Gasteiger partial charge is 0.304 e. The van der Waals surface area contributed by atoms with Crippen molar-refractivity contribution >= 4 is 28.6 Å². The summed E-state index contributed by atoms with van der Waals surface area (Å²) in [6.45, 7) is 1.38. The first-order chi connectivity index (χ1) is 7.08. The Labute approximate surface area is 103 Å². The van der Waals surface area contributed by atoms with Crippen LogP contribution in [0.5, 0.6) is 0 Å². The summed E-state index contributed by atoms with van der Waals surface area (Å²) >= 11 is 2.26. The van der Waals surface area contributed by atoms with Gasteiger partial charge in [-0.3, -0.25) is 4.79 Å². The van der Waals surface area contributed by atoms with Crippen LogP contribution < -0.4 is 0 Å². The van der Waals surface area contributed by atoms with Crippen molar-refractivity contribution in [1.29, 1.82) is 0 Å². The maximum Gasteiger partial charge on any atom is 0.304 e. The molecule has 1 rings (SSSR count). The van der Waals surface area contributed by atoms with E-state index in [0.29, 0.717) is 6.54 Å². The number of benzene rings is 1. The molecule has 0 unspecified atom stereocenters. The molecule has 0 radical (unpaired) electrons. The van der Waals surface area contributed by atoms with E-state index in [2.05, 4.69) is 46.9 Å². The van der Waals surface area contributed by atoms with Gasteiger partial charge in [0.2, 0.25) is 0 Å². The van der Waals surface area contributed by atoms with Gasteiger partial charge in [0.1, 0.15) is 0 Å². The van der Waals surface area contributed by atoms with E-state index >= 15 is 0 Å². The summed E-state index contributed by atoms with van der Waals surface area (Å²) in [6.07, 6.45) is 0.195. The van der Waals surface area contributed by atoms with Crippen LogP contribution in [0, 0.1) is 3.57 Å². The van der Waals surface area contributed by atoms with Gasteiger partial charge in [-0.2, -0.15) is 0 Å². The van der Waals surface area contributed by atoms with Crippen molar-refractivity contribution in [2.45, 2.75) is 13.0 Å². The van der Waals surface area contributed by atoms with Gasteiger partial charge in [-0.25, -0.2) is 0 Å². The third-order valence-corrected chi connectivity index (χ3v) is 2.79. The minimum Gasteiger partial charge on any atom is -0.481 e. The van der Waals surface area contributed by atoms with E-state index in [1.165, 1.54) is 9.13 Å². The van der Waals surface area contributed by atoms with E-state index in [0.717, 1.165) is 6.54 Å². The number of halogens is 1. The maximum absolute atomic E-state index is 10.4. The van der Waals surface area contributed by atoms with Crippen LogP contribution in [0.3, 0.4) is 0 Å². The van der Waals surface area contributed by atoms with Crippen molar-refractivity contribution in [1.82, 2.24) is 4.90 Å². The van der Waals surface area contributed by atoms with Crippen LogP contribution in [-0.4, -0.2) is 29.6 Å². The highest BCUT2D eigenvalue weighted by molar-refractivity contribution is 14.1. The third kappa shape index (κ3) is 5.13. The Morgan fingerprint density at radius 1 is 1.40 bits per heavy atom. The fraction of sp³-hybridized carbons (Fsp3) is 0.364. The minimum atomic E-state index is -0.746. The largest absolute Gasteiger partial charge is 0.481 e. The third-order valence-electron chi connectivity index (χ3n) is 2.07. The molecule has 4 heteroatoms. The number of carboxylic acids is 1. The summed E-state index contributed by atoms with van der Waals surface area (Å²) < 4.78 is 1.21. The summed E-state index contributed by atoms with van der Waals surface area (Å²) in [5.74, 6) is -0.746. The molecule has 0 atom stereocenters. The van der Waals surface area contributed by atoms with E-state index in [4.69, 9.17) is 5.11 Å². The Kier molecular flexibility index (Phi) is 5.04. The predicted octanol–water partition coefficient (Wildman–Crippen LogP) is 2.20. The quantitative estimate of drug-likeness (QED) is 0.846. The zero-order chi connectivity index (χ0) is 11.3. The Morgan fingerprint density at radius 3 is 2.53 bits per heavy atom. The molecule has 0 amide bonds. The van der Waals surface area contributed by atoms with Gasteiger partial charge in [-0.05, 0) is 47.3 Å². The highest BCUT2D eigenvalue weighted by atomic mass is 127. The topological polar surface area (TPSA) is 40.5 Å². The molecule has 0 saturated carbocycles. The van der Waals surface area contributed by atoms with Crippen LogP contribution in [0.4, 0.5) is 0 Å². The molecule has 0 aliphatic rings. The van der Waals surface area contributed by atoms with Gasteiger partial charge in [0.05, 0.1) is 6.42 Å². The lowest BCUT2D eigenvalue weighted by atomic mass is 10.2. The van der Waals surface area contributed by atoms with Gasteiger partial charge < -0.3 is 10.0 Å². The second kappa shape index (κ2) is 6.07. The van der Waals surface area contributed by atoms with E-state index in [1.807, 2.05) is 11.9 Å². The summed E-state index contributed by atoms with van der Waals surface area (Å²) in [5.41, 5.74) is 1.21. The average Bonchev–Trinajstić information content (AvgIpc) is 2.19. The summed E-state index contributed by atoms with van der Waals surface area (Å²) in [7, 11) is 1.93. The van der Waals surface area contributed by atoms with Crippen LogP contribution in [0.2, 0.25) is 0 Å². The van der Waals surface area contributed by atoms with Crippen molar-refractivity contribution in [3.63, 3.8) is 0 Å². The number of rotatable bonds is 5. The summed E-state index contributed by atoms with van der Waals surface area (Å²) in [6, 6.07) is 8.25. The van der Waals surface area contributed by atoms with Crippen molar-refractivity contribution < 1.29 is 9.90 Å². The van der Waals surface area contributed by atoms with Crippen LogP contribution in [0.15, 0.2) is 24.3 Å². The second-order valence-electron chi connectivity index (χ2n) is 3.51. The zero-order valence-electron chi connectivity index (χ0n) is 8.61. The number of nitrogens with zero attached hydrogens (tertiary/aromatic N) is 1. The van der Waals surface area contributed by atoms with Crippen LogP contribution in [0.1, 0.15) is 12.0 Å². The van der Waals surface area contributed by atoms with E-state index < -0.39 is 5.97 Å². The van der Waals surface area contributed by atoms with Gasteiger partial charge in [0.25, 0.3) is 0 Å². The number of hydrogen-bond acceptors (Lipinski definition) is 2. The molecule has 0 bridgehead atoms. The minimum absolute atomic E-state index is 0.195. The number of carbonyl (C=O) groups is 1. The second-order valence-corrected chi connectivity index (χ2v) is 4.75. The Morgan fingerprint density at radius 2 is 2.00 bits per heavy atom. The molecule has 0 aromatic heterocycles. The molecule has 0 aliphatic carbocycles. The molecule has 0 saturated heterocycles. The molecule has 0 spiro atoms. The molecule has 1 aromatic rings. The fourth-order valence-corrected chi connectivity index (χ4v) is 1.63. The SMILES string of the molecule is CN(CCC(=O)O)Cc1ccc(I)cc1. The standard InChI is InChI=1S/C11H14INO2/c1-13(7-6-11(14)15)8-9-2-4-10(12)5-3-9/h2-5H,6-8H2,1H3,(H,14,15). The lowest BCUT2D eigenvalue weighted by molar-refractivity contribution is -0.137. The first-order valence-corrected chi connectivity index (χ1v) is 5.80. The van der Waals surface area contributed by atoms with Crippen molar-refractivity contribution in [2.75, 3.05) is 13.6 Å². The normalized spacial score (nSPS) is 10.6. The molecule has 0 fully saturated rings. The van der Waals surface area contributed by atoms with Crippen LogP contribution in [-0.2, 0) is 11.3 Å². The number of aliphatic carboxylic acids is 1. The molecule has 82 valence electrons. The number of hydrogen-bond donors (Lipinski definition) is 1. The van der Waals surface area contributed by atoms with E-state index in [9.17, 15) is 4.79 Å². The molecule has 3 nitrogen and oxygen atoms in total. The van der Waals surface area contributed by atoms with Crippen molar-refractivity contribution in [3.8, 4) is 0 Å². The summed E-state index contributed by atoms with van der Waals surface area (Å²) in [5, 5.41) is 8.54. The van der Waals surface area contributed by atoms with Crippen LogP contribution >= 0.6 is 22.6 Å². The van der Waals surface area contributed by atoms with E-state index in [1.54, 1.807) is 0 Å². The molecule has 1 aromatic carbocycles. The summed E-state index contributed by atoms with van der Waals surface area (Å²) in [4.78, 5) is 12.4. The average molecular weight is 319 g/mol. The zero-order valence-corrected chi connectivity index (χ0v) is 10.8. The molecule has 1 N–H and O–H groups in total. The molecule has 0 aliphatic heterocycles. The van der Waals surface area contributed by atoms with Crippen LogP contribution in [0.25, 0.3) is 0 Å². The highest BCUT2D eigenvalue weighted by Gasteiger charge is 2.03. The van der Waals surface area contributed by atoms with Gasteiger partial charge >= 0.3 is 5.97 Å². The first kappa shape index (κ1) is 12.4. The number of carboxylic acid groups (broad SMARTS) is 1. The Hall–Kier alpha value is -0.620. The molecule has 0 heterocycles. The highest BCUT2D eigenvalue weighted by Crippen LogP contribution is 2.08. The lowest BCUT2D eigenvalue weighted by Gasteiger charge is -2.15. The first-order valence-electron chi connectivity index (χ1n) is 4.72. The maximum atomic E-state index is 10.4. The molecular formula is C11H14INO2. The van der Waals surface area contributed by atoms with Crippen molar-refractivity contribution in [2.24, 2.45) is 0 Å². The fourth-order valence-electron chi connectivity index (χ4n) is 1.27.